The summed E-state index contributed by atoms with van der Waals surface area (Å²) in [5, 5.41) is 9.14. The maximum absolute atomic E-state index is 9.14. The first-order chi connectivity index (χ1) is 8.34. The standard InChI is InChI=1S/C14H15NO2/c16-13-8-6-12(7-9-13)10-11-15-17-14-4-2-1-3-5-14/h1-9,15-16H,10-11H2. The van der Waals surface area contributed by atoms with E-state index in [1.165, 1.54) is 0 Å². The number of benzene rings is 2. The smallest absolute Gasteiger partial charge is 0.147 e. The zero-order chi connectivity index (χ0) is 11.9. The third-order valence-corrected chi connectivity index (χ3v) is 2.39. The van der Waals surface area contributed by atoms with Gasteiger partial charge in [-0.3, -0.25) is 0 Å². The Hall–Kier alpha value is -2.00. The van der Waals surface area contributed by atoms with E-state index in [1.54, 1.807) is 12.1 Å². The molecule has 0 aromatic heterocycles. The highest BCUT2D eigenvalue weighted by Crippen LogP contribution is 2.10. The average Bonchev–Trinajstić information content (AvgIpc) is 2.38. The first kappa shape index (κ1) is 11.5. The summed E-state index contributed by atoms with van der Waals surface area (Å²) in [6.45, 7) is 0.722. The van der Waals surface area contributed by atoms with Crippen molar-refractivity contribution in [2.24, 2.45) is 0 Å². The van der Waals surface area contributed by atoms with Crippen LogP contribution in [-0.2, 0) is 6.42 Å². The van der Waals surface area contributed by atoms with Gasteiger partial charge in [-0.1, -0.05) is 30.3 Å². The molecule has 0 aliphatic carbocycles. The van der Waals surface area contributed by atoms with E-state index in [4.69, 9.17) is 9.94 Å². The van der Waals surface area contributed by atoms with Crippen LogP contribution in [0.25, 0.3) is 0 Å². The Morgan fingerprint density at radius 1 is 0.941 bits per heavy atom. The van der Waals surface area contributed by atoms with Crippen LogP contribution in [0, 0.1) is 0 Å². The van der Waals surface area contributed by atoms with Gasteiger partial charge in [-0.2, -0.15) is 5.48 Å². The van der Waals surface area contributed by atoms with Crippen LogP contribution in [0.15, 0.2) is 54.6 Å². The molecule has 0 heterocycles. The summed E-state index contributed by atoms with van der Waals surface area (Å²) >= 11 is 0. The number of hydrogen-bond donors (Lipinski definition) is 2. The molecular formula is C14H15NO2. The highest BCUT2D eigenvalue weighted by atomic mass is 16.6. The Labute approximate surface area is 101 Å². The average molecular weight is 229 g/mol. The van der Waals surface area contributed by atoms with Gasteiger partial charge < -0.3 is 9.94 Å². The number of phenols is 1. The van der Waals surface area contributed by atoms with Crippen molar-refractivity contribution in [2.75, 3.05) is 6.54 Å². The van der Waals surface area contributed by atoms with Crippen molar-refractivity contribution >= 4 is 0 Å². The van der Waals surface area contributed by atoms with Crippen molar-refractivity contribution in [3.05, 3.63) is 60.2 Å². The number of para-hydroxylation sites is 1. The molecule has 88 valence electrons. The molecule has 0 radical (unpaired) electrons. The fourth-order valence-corrected chi connectivity index (χ4v) is 1.48. The fourth-order valence-electron chi connectivity index (χ4n) is 1.48. The second kappa shape index (κ2) is 5.92. The molecular weight excluding hydrogens is 214 g/mol. The van der Waals surface area contributed by atoms with Gasteiger partial charge >= 0.3 is 0 Å². The Morgan fingerprint density at radius 3 is 2.35 bits per heavy atom. The number of phenolic OH excluding ortho intramolecular Hbond substituents is 1. The normalized spacial score (nSPS) is 10.1. The molecule has 3 nitrogen and oxygen atoms in total. The molecule has 0 saturated carbocycles. The Morgan fingerprint density at radius 2 is 1.65 bits per heavy atom. The quantitative estimate of drug-likeness (QED) is 0.611. The lowest BCUT2D eigenvalue weighted by Crippen LogP contribution is -2.21. The maximum atomic E-state index is 9.14. The number of rotatable bonds is 5. The molecule has 0 atom stereocenters. The Balaban J connectivity index is 1.71. The minimum absolute atomic E-state index is 0.294. The topological polar surface area (TPSA) is 41.5 Å². The number of nitrogens with one attached hydrogen (secondary N) is 1. The Kier molecular flexibility index (Phi) is 4.00. The van der Waals surface area contributed by atoms with Gasteiger partial charge in [0, 0.05) is 6.54 Å². The van der Waals surface area contributed by atoms with Crippen molar-refractivity contribution in [1.82, 2.24) is 5.48 Å². The van der Waals surface area contributed by atoms with Crippen LogP contribution >= 0.6 is 0 Å². The number of hydroxylamine groups is 1. The second-order valence-corrected chi connectivity index (χ2v) is 3.73. The van der Waals surface area contributed by atoms with Crippen LogP contribution in [0.2, 0.25) is 0 Å². The Bertz CT molecular complexity index is 440. The molecule has 0 unspecified atom stereocenters. The number of hydrogen-bond acceptors (Lipinski definition) is 3. The van der Waals surface area contributed by atoms with Crippen LogP contribution in [0.5, 0.6) is 11.5 Å². The molecule has 2 N–H and O–H groups in total. The highest BCUT2D eigenvalue weighted by molar-refractivity contribution is 5.26. The van der Waals surface area contributed by atoms with Crippen molar-refractivity contribution in [2.45, 2.75) is 6.42 Å². The van der Waals surface area contributed by atoms with Crippen LogP contribution in [0.1, 0.15) is 5.56 Å². The van der Waals surface area contributed by atoms with Crippen molar-refractivity contribution < 1.29 is 9.94 Å². The minimum Gasteiger partial charge on any atom is -0.508 e. The van der Waals surface area contributed by atoms with Crippen molar-refractivity contribution in [3.63, 3.8) is 0 Å². The molecule has 17 heavy (non-hydrogen) atoms. The van der Waals surface area contributed by atoms with E-state index in [2.05, 4.69) is 5.48 Å². The molecule has 3 heteroatoms. The van der Waals surface area contributed by atoms with Gasteiger partial charge in [-0.25, -0.2) is 0 Å². The second-order valence-electron chi connectivity index (χ2n) is 3.73. The molecule has 2 rings (SSSR count). The summed E-state index contributed by atoms with van der Waals surface area (Å²) in [4.78, 5) is 5.35. The lowest BCUT2D eigenvalue weighted by atomic mass is 10.1. The van der Waals surface area contributed by atoms with Gasteiger partial charge in [0.1, 0.15) is 11.5 Å². The summed E-state index contributed by atoms with van der Waals surface area (Å²) in [6.07, 6.45) is 0.854. The van der Waals surface area contributed by atoms with Crippen molar-refractivity contribution in [1.29, 1.82) is 0 Å². The molecule has 2 aromatic rings. The predicted molar refractivity (Wildman–Crippen MR) is 66.9 cm³/mol. The zero-order valence-electron chi connectivity index (χ0n) is 9.47. The molecule has 0 bridgehead atoms. The van der Waals surface area contributed by atoms with Gasteiger partial charge in [0.05, 0.1) is 0 Å². The fraction of sp³-hybridized carbons (Fsp3) is 0.143. The lowest BCUT2D eigenvalue weighted by molar-refractivity contribution is 0.197. The zero-order valence-corrected chi connectivity index (χ0v) is 9.47. The minimum atomic E-state index is 0.294. The summed E-state index contributed by atoms with van der Waals surface area (Å²) in [6, 6.07) is 16.8. The summed E-state index contributed by atoms with van der Waals surface area (Å²) in [5.74, 6) is 1.10. The molecule has 2 aromatic carbocycles. The van der Waals surface area contributed by atoms with Gasteiger partial charge in [0.2, 0.25) is 0 Å². The first-order valence-corrected chi connectivity index (χ1v) is 5.57. The predicted octanol–water partition coefficient (Wildman–Crippen LogP) is 2.52. The molecule has 0 saturated heterocycles. The van der Waals surface area contributed by atoms with E-state index >= 15 is 0 Å². The summed E-state index contributed by atoms with van der Waals surface area (Å²) in [5.41, 5.74) is 4.06. The monoisotopic (exact) mass is 229 g/mol. The van der Waals surface area contributed by atoms with Crippen molar-refractivity contribution in [3.8, 4) is 11.5 Å². The van der Waals surface area contributed by atoms with E-state index < -0.39 is 0 Å². The van der Waals surface area contributed by atoms with Gasteiger partial charge in [-0.15, -0.1) is 0 Å². The highest BCUT2D eigenvalue weighted by Gasteiger charge is 1.94. The van der Waals surface area contributed by atoms with Crippen LogP contribution in [-0.4, -0.2) is 11.7 Å². The molecule has 0 aliphatic rings. The molecule has 0 spiro atoms. The SMILES string of the molecule is Oc1ccc(CCNOc2ccccc2)cc1. The van der Waals surface area contributed by atoms with E-state index in [0.717, 1.165) is 24.3 Å². The summed E-state index contributed by atoms with van der Waals surface area (Å²) in [7, 11) is 0. The molecule has 0 amide bonds. The van der Waals surface area contributed by atoms with Crippen LogP contribution < -0.4 is 10.3 Å². The van der Waals surface area contributed by atoms with E-state index in [1.807, 2.05) is 42.5 Å². The largest absolute Gasteiger partial charge is 0.508 e. The molecule has 0 aliphatic heterocycles. The van der Waals surface area contributed by atoms with E-state index in [0.29, 0.717) is 5.75 Å². The lowest BCUT2D eigenvalue weighted by Gasteiger charge is -2.06. The van der Waals surface area contributed by atoms with E-state index in [9.17, 15) is 0 Å². The summed E-state index contributed by atoms with van der Waals surface area (Å²) < 4.78 is 0. The van der Waals surface area contributed by atoms with Crippen LogP contribution in [0.3, 0.4) is 0 Å². The third-order valence-electron chi connectivity index (χ3n) is 2.39. The van der Waals surface area contributed by atoms with Gasteiger partial charge in [0.15, 0.2) is 0 Å². The third kappa shape index (κ3) is 3.81. The van der Waals surface area contributed by atoms with E-state index in [-0.39, 0.29) is 0 Å². The molecule has 0 fully saturated rings. The maximum Gasteiger partial charge on any atom is 0.147 e. The number of aromatic hydroxyl groups is 1. The first-order valence-electron chi connectivity index (χ1n) is 5.57. The van der Waals surface area contributed by atoms with Gasteiger partial charge in [0.25, 0.3) is 0 Å². The van der Waals surface area contributed by atoms with Crippen LogP contribution in [0.4, 0.5) is 0 Å². The van der Waals surface area contributed by atoms with Gasteiger partial charge in [-0.05, 0) is 36.2 Å².